The average molecular weight is 575 g/mol. The molecule has 0 bridgehead atoms. The van der Waals surface area contributed by atoms with Gasteiger partial charge in [-0.2, -0.15) is 4.98 Å². The smallest absolute Gasteiger partial charge is 0.241 e. The Balaban J connectivity index is 0.00000337. The summed E-state index contributed by atoms with van der Waals surface area (Å²) in [6.07, 6.45) is 6.51. The number of rotatable bonds is 10. The Hall–Kier alpha value is -3.43. The van der Waals surface area contributed by atoms with Crippen LogP contribution in [0.5, 0.6) is 0 Å². The highest BCUT2D eigenvalue weighted by atomic mass is 32.2. The van der Waals surface area contributed by atoms with Crippen LogP contribution in [-0.4, -0.2) is 51.6 Å². The number of anilines is 3. The minimum absolute atomic E-state index is 0. The maximum Gasteiger partial charge on any atom is 0.241 e. The lowest BCUT2D eigenvalue weighted by Crippen LogP contribution is -2.32. The minimum atomic E-state index is -3.62. The molecule has 3 aromatic carbocycles. The fourth-order valence-electron chi connectivity index (χ4n) is 5.76. The van der Waals surface area contributed by atoms with E-state index in [4.69, 9.17) is 9.97 Å². The third-order valence-electron chi connectivity index (χ3n) is 8.23. The molecule has 1 heterocycles. The lowest BCUT2D eigenvalue weighted by Gasteiger charge is -2.28. The highest BCUT2D eigenvalue weighted by Gasteiger charge is 2.25. The van der Waals surface area contributed by atoms with E-state index >= 15 is 0 Å². The van der Waals surface area contributed by atoms with Gasteiger partial charge in [0, 0.05) is 55.1 Å². The van der Waals surface area contributed by atoms with Crippen LogP contribution < -0.4 is 20.3 Å². The molecule has 3 N–H and O–H groups in total. The Bertz CT molecular complexity index is 1610. The van der Waals surface area contributed by atoms with Crippen molar-refractivity contribution in [1.29, 1.82) is 0 Å². The summed E-state index contributed by atoms with van der Waals surface area (Å²) in [5.74, 6) is 2.44. The Morgan fingerprint density at radius 1 is 0.780 bits per heavy atom. The molecular weight excluding hydrogens is 532 g/mol. The van der Waals surface area contributed by atoms with Crippen LogP contribution in [0.3, 0.4) is 0 Å². The Labute approximate surface area is 244 Å². The van der Waals surface area contributed by atoms with Crippen molar-refractivity contribution in [2.75, 3.05) is 42.7 Å². The van der Waals surface area contributed by atoms with Gasteiger partial charge in [-0.25, -0.2) is 18.1 Å². The second-order valence-electron chi connectivity index (χ2n) is 11.5. The lowest BCUT2D eigenvalue weighted by molar-refractivity contribution is 0.284. The second kappa shape index (κ2) is 12.2. The average Bonchev–Trinajstić information content (AvgIpc) is 3.79. The molecule has 2 aliphatic rings. The van der Waals surface area contributed by atoms with Crippen molar-refractivity contribution in [3.8, 4) is 0 Å². The molecule has 0 saturated heterocycles. The van der Waals surface area contributed by atoms with Crippen LogP contribution in [0.2, 0.25) is 0 Å². The molecule has 218 valence electrons. The molecule has 8 nitrogen and oxygen atoms in total. The van der Waals surface area contributed by atoms with Crippen molar-refractivity contribution in [1.82, 2.24) is 14.7 Å². The van der Waals surface area contributed by atoms with Gasteiger partial charge in [-0.3, -0.25) is 0 Å². The summed E-state index contributed by atoms with van der Waals surface area (Å²) in [7, 11) is 0.323. The van der Waals surface area contributed by atoms with E-state index in [-0.39, 0.29) is 7.43 Å². The molecule has 2 fully saturated rings. The number of hydrogen-bond acceptors (Lipinski definition) is 7. The van der Waals surface area contributed by atoms with Crippen molar-refractivity contribution >= 4 is 49.2 Å². The first kappa shape index (κ1) is 29.1. The van der Waals surface area contributed by atoms with Crippen LogP contribution in [0.15, 0.2) is 65.6 Å². The molecule has 0 radical (unpaired) electrons. The van der Waals surface area contributed by atoms with Crippen molar-refractivity contribution in [2.45, 2.75) is 56.9 Å². The van der Waals surface area contributed by atoms with E-state index in [1.807, 2.05) is 67.5 Å². The number of sulfonamides is 1. The molecule has 0 unspecified atom stereocenters. The van der Waals surface area contributed by atoms with Gasteiger partial charge in [-0.05, 0) is 74.6 Å². The number of aromatic nitrogens is 2. The Morgan fingerprint density at radius 2 is 1.44 bits per heavy atom. The quantitative estimate of drug-likeness (QED) is 0.206. The molecular formula is C32H42N6O2S. The third-order valence-corrected chi connectivity index (χ3v) is 9.71. The first-order valence-electron chi connectivity index (χ1n) is 14.3. The Kier molecular flexibility index (Phi) is 8.66. The van der Waals surface area contributed by atoms with Gasteiger partial charge in [0.2, 0.25) is 16.0 Å². The maximum atomic E-state index is 13.3. The zero-order valence-corrected chi connectivity index (χ0v) is 24.0. The van der Waals surface area contributed by atoms with Crippen molar-refractivity contribution < 1.29 is 8.42 Å². The molecule has 4 aromatic rings. The largest absolute Gasteiger partial charge is 0.377 e. The maximum absolute atomic E-state index is 13.3. The number of benzene rings is 3. The fraction of sp³-hybridized carbons (Fsp3) is 0.438. The number of para-hydroxylation sites is 1. The molecule has 0 amide bonds. The summed E-state index contributed by atoms with van der Waals surface area (Å²) in [6.45, 7) is 1.29. The van der Waals surface area contributed by atoms with Crippen LogP contribution in [0.1, 0.15) is 46.0 Å². The lowest BCUT2D eigenvalue weighted by atomic mass is 9.82. The zero-order chi connectivity index (χ0) is 27.7. The summed E-state index contributed by atoms with van der Waals surface area (Å²) in [6, 6.07) is 20.0. The van der Waals surface area contributed by atoms with Gasteiger partial charge in [0.1, 0.15) is 5.82 Å². The molecule has 9 heteroatoms. The first-order chi connectivity index (χ1) is 19.4. The minimum Gasteiger partial charge on any atom is -0.377 e. The standard InChI is InChI=1S/C31H38N6O2S.CH4/c1-37(2)28-11-5-9-25-24(28)8-6-12-29(25)40(38,39)33-20-22-15-13-21(14-16-22)19-32-31-35-27-10-4-3-7-26(27)30(36-31)34-23-17-18-23;/h3-12,21-23,33H,13-20H2,1-2H3,(H2,32,34,35,36);1H4. The molecule has 0 spiro atoms. The van der Waals surface area contributed by atoms with E-state index in [1.165, 1.54) is 12.8 Å². The van der Waals surface area contributed by atoms with Crippen LogP contribution >= 0.6 is 0 Å². The second-order valence-corrected chi connectivity index (χ2v) is 13.2. The topological polar surface area (TPSA) is 99.3 Å². The van der Waals surface area contributed by atoms with Crippen LogP contribution in [0.25, 0.3) is 21.7 Å². The first-order valence-corrected chi connectivity index (χ1v) is 15.8. The number of fused-ring (bicyclic) bond motifs is 2. The molecule has 2 saturated carbocycles. The number of nitrogens with zero attached hydrogens (tertiary/aromatic N) is 3. The van der Waals surface area contributed by atoms with E-state index in [0.29, 0.717) is 35.3 Å². The molecule has 6 rings (SSSR count). The van der Waals surface area contributed by atoms with Gasteiger partial charge in [0.15, 0.2) is 0 Å². The van der Waals surface area contributed by atoms with Gasteiger partial charge in [0.25, 0.3) is 0 Å². The van der Waals surface area contributed by atoms with E-state index in [2.05, 4.69) is 21.4 Å². The highest BCUT2D eigenvalue weighted by Crippen LogP contribution is 2.32. The zero-order valence-electron chi connectivity index (χ0n) is 23.2. The summed E-state index contributed by atoms with van der Waals surface area (Å²) in [5, 5.41) is 9.79. The van der Waals surface area contributed by atoms with Crippen LogP contribution in [0, 0.1) is 11.8 Å². The van der Waals surface area contributed by atoms with Gasteiger partial charge < -0.3 is 15.5 Å². The summed E-state index contributed by atoms with van der Waals surface area (Å²) >= 11 is 0. The van der Waals surface area contributed by atoms with Gasteiger partial charge in [0.05, 0.1) is 10.4 Å². The predicted molar refractivity (Wildman–Crippen MR) is 170 cm³/mol. The third kappa shape index (κ3) is 6.57. The van der Waals surface area contributed by atoms with Crippen molar-refractivity contribution in [3.05, 3.63) is 60.7 Å². The highest BCUT2D eigenvalue weighted by molar-refractivity contribution is 7.89. The van der Waals surface area contributed by atoms with Gasteiger partial charge >= 0.3 is 0 Å². The SMILES string of the molecule is C.CN(C)c1cccc2c(S(=O)(=O)NCC3CCC(CNc4nc(NC5CC5)c5ccccc5n4)CC3)cccc12. The Morgan fingerprint density at radius 3 is 2.17 bits per heavy atom. The predicted octanol–water partition coefficient (Wildman–Crippen LogP) is 6.26. The van der Waals surface area contributed by atoms with Crippen molar-refractivity contribution in [2.24, 2.45) is 11.8 Å². The molecule has 0 aliphatic heterocycles. The van der Waals surface area contributed by atoms with Crippen LogP contribution in [-0.2, 0) is 10.0 Å². The summed E-state index contributed by atoms with van der Waals surface area (Å²) in [4.78, 5) is 11.9. The summed E-state index contributed by atoms with van der Waals surface area (Å²) in [5.41, 5.74) is 1.95. The van der Waals surface area contributed by atoms with E-state index in [1.54, 1.807) is 6.07 Å². The number of hydrogen-bond donors (Lipinski definition) is 3. The van der Waals surface area contributed by atoms with Gasteiger partial charge in [-0.15, -0.1) is 0 Å². The monoisotopic (exact) mass is 574 g/mol. The summed E-state index contributed by atoms with van der Waals surface area (Å²) < 4.78 is 29.6. The normalized spacial score (nSPS) is 19.1. The van der Waals surface area contributed by atoms with E-state index in [0.717, 1.165) is 65.4 Å². The van der Waals surface area contributed by atoms with Crippen molar-refractivity contribution in [3.63, 3.8) is 0 Å². The fourth-order valence-corrected chi connectivity index (χ4v) is 7.09. The van der Waals surface area contributed by atoms with E-state index < -0.39 is 10.0 Å². The molecule has 1 aromatic heterocycles. The van der Waals surface area contributed by atoms with Gasteiger partial charge in [-0.1, -0.05) is 43.8 Å². The molecule has 41 heavy (non-hydrogen) atoms. The number of nitrogens with one attached hydrogen (secondary N) is 3. The molecule has 2 aliphatic carbocycles. The van der Waals surface area contributed by atoms with Crippen LogP contribution in [0.4, 0.5) is 17.5 Å². The van der Waals surface area contributed by atoms with E-state index in [9.17, 15) is 8.42 Å². The molecule has 0 atom stereocenters.